The zero-order valence-electron chi connectivity index (χ0n) is 7.55. The Hall–Kier alpha value is -1.01. The third kappa shape index (κ3) is 1.42. The van der Waals surface area contributed by atoms with Crippen molar-refractivity contribution in [2.24, 2.45) is 0 Å². The van der Waals surface area contributed by atoms with E-state index in [0.29, 0.717) is 0 Å². The largest absolute Gasteiger partial charge is 0.0837 e. The number of benzene rings is 2. The summed E-state index contributed by atoms with van der Waals surface area (Å²) >= 11 is 6.09. The summed E-state index contributed by atoms with van der Waals surface area (Å²) in [4.78, 5) is 0. The fraction of sp³-hybridized carbons (Fsp3) is 0.167. The number of hydrogen-bond acceptors (Lipinski definition) is 0. The van der Waals surface area contributed by atoms with Crippen LogP contribution in [0.15, 0.2) is 36.4 Å². The van der Waals surface area contributed by atoms with E-state index in [1.807, 2.05) is 12.1 Å². The first-order chi connectivity index (χ1) is 6.33. The van der Waals surface area contributed by atoms with E-state index in [4.69, 9.17) is 11.6 Å². The molecular formula is C12H11Cl. The maximum absolute atomic E-state index is 6.09. The lowest BCUT2D eigenvalue weighted by atomic mass is 10.0. The molecule has 0 nitrogen and oxygen atoms in total. The lowest BCUT2D eigenvalue weighted by Crippen LogP contribution is -1.82. The van der Waals surface area contributed by atoms with Crippen LogP contribution in [-0.4, -0.2) is 0 Å². The normalized spacial score (nSPS) is 10.6. The average molecular weight is 191 g/mol. The second-order valence-corrected chi connectivity index (χ2v) is 3.51. The summed E-state index contributed by atoms with van der Waals surface area (Å²) < 4.78 is 0. The summed E-state index contributed by atoms with van der Waals surface area (Å²) in [5.41, 5.74) is 1.36. The van der Waals surface area contributed by atoms with Crippen LogP contribution in [0.2, 0.25) is 5.02 Å². The highest BCUT2D eigenvalue weighted by atomic mass is 35.5. The van der Waals surface area contributed by atoms with Gasteiger partial charge in [-0.3, -0.25) is 0 Å². The van der Waals surface area contributed by atoms with E-state index in [0.717, 1.165) is 16.8 Å². The van der Waals surface area contributed by atoms with Crippen LogP contribution in [0.25, 0.3) is 10.8 Å². The predicted molar refractivity (Wildman–Crippen MR) is 58.3 cm³/mol. The Balaban J connectivity index is 2.84. The molecule has 0 heterocycles. The number of halogens is 1. The summed E-state index contributed by atoms with van der Waals surface area (Å²) in [6, 6.07) is 12.3. The van der Waals surface area contributed by atoms with Gasteiger partial charge in [-0.05, 0) is 23.4 Å². The lowest BCUT2D eigenvalue weighted by molar-refractivity contribution is 1.16. The molecule has 0 aromatic heterocycles. The lowest BCUT2D eigenvalue weighted by Gasteiger charge is -2.04. The third-order valence-corrected chi connectivity index (χ3v) is 2.67. The van der Waals surface area contributed by atoms with Crippen molar-refractivity contribution < 1.29 is 0 Å². The molecule has 1 heteroatoms. The fourth-order valence-electron chi connectivity index (χ4n) is 1.65. The second kappa shape index (κ2) is 3.39. The van der Waals surface area contributed by atoms with Gasteiger partial charge < -0.3 is 0 Å². The minimum atomic E-state index is 0.841. The monoisotopic (exact) mass is 190 g/mol. The molecule has 66 valence electrons. The Morgan fingerprint density at radius 2 is 1.69 bits per heavy atom. The quantitative estimate of drug-likeness (QED) is 0.637. The van der Waals surface area contributed by atoms with E-state index in [1.54, 1.807) is 0 Å². The number of aryl methyl sites for hydroxylation is 1. The molecule has 2 aromatic rings. The van der Waals surface area contributed by atoms with Crippen molar-refractivity contribution in [2.75, 3.05) is 0 Å². The highest BCUT2D eigenvalue weighted by molar-refractivity contribution is 6.35. The van der Waals surface area contributed by atoms with E-state index in [9.17, 15) is 0 Å². The van der Waals surface area contributed by atoms with Gasteiger partial charge in [0.15, 0.2) is 0 Å². The molecule has 0 aliphatic rings. The van der Waals surface area contributed by atoms with Gasteiger partial charge in [0.1, 0.15) is 0 Å². The van der Waals surface area contributed by atoms with Crippen molar-refractivity contribution in [3.63, 3.8) is 0 Å². The van der Waals surface area contributed by atoms with E-state index < -0.39 is 0 Å². The molecule has 0 unspecified atom stereocenters. The second-order valence-electron chi connectivity index (χ2n) is 3.11. The van der Waals surface area contributed by atoms with Gasteiger partial charge in [0.25, 0.3) is 0 Å². The maximum Gasteiger partial charge on any atom is 0.0484 e. The zero-order valence-corrected chi connectivity index (χ0v) is 8.31. The first kappa shape index (κ1) is 8.58. The minimum absolute atomic E-state index is 0.841. The molecule has 0 fully saturated rings. The predicted octanol–water partition coefficient (Wildman–Crippen LogP) is 4.06. The molecule has 0 aliphatic carbocycles. The van der Waals surface area contributed by atoms with Crippen LogP contribution >= 0.6 is 11.6 Å². The smallest absolute Gasteiger partial charge is 0.0484 e. The summed E-state index contributed by atoms with van der Waals surface area (Å²) in [6.45, 7) is 2.16. The fourth-order valence-corrected chi connectivity index (χ4v) is 1.88. The van der Waals surface area contributed by atoms with Gasteiger partial charge in [-0.2, -0.15) is 0 Å². The van der Waals surface area contributed by atoms with E-state index in [1.165, 1.54) is 10.9 Å². The van der Waals surface area contributed by atoms with Gasteiger partial charge in [-0.25, -0.2) is 0 Å². The summed E-state index contributed by atoms with van der Waals surface area (Å²) in [6.07, 6.45) is 1.05. The van der Waals surface area contributed by atoms with Crippen LogP contribution in [0.5, 0.6) is 0 Å². The zero-order chi connectivity index (χ0) is 9.26. The molecule has 0 spiro atoms. The Kier molecular flexibility index (Phi) is 2.24. The first-order valence-corrected chi connectivity index (χ1v) is 4.87. The molecular weight excluding hydrogens is 180 g/mol. The number of fused-ring (bicyclic) bond motifs is 1. The van der Waals surface area contributed by atoms with Crippen molar-refractivity contribution in [3.8, 4) is 0 Å². The highest BCUT2D eigenvalue weighted by Crippen LogP contribution is 2.25. The molecule has 0 N–H and O–H groups in total. The standard InChI is InChI=1S/C12H11Cl/c1-2-9-5-3-7-11-10(9)6-4-8-12(11)13/h3-8H,2H2,1H3. The van der Waals surface area contributed by atoms with Gasteiger partial charge >= 0.3 is 0 Å². The highest BCUT2D eigenvalue weighted by Gasteiger charge is 2.00. The molecule has 0 amide bonds. The van der Waals surface area contributed by atoms with E-state index in [2.05, 4.69) is 31.2 Å². The van der Waals surface area contributed by atoms with Crippen LogP contribution < -0.4 is 0 Å². The molecule has 0 atom stereocenters. The van der Waals surface area contributed by atoms with Crippen LogP contribution in [0.1, 0.15) is 12.5 Å². The maximum atomic E-state index is 6.09. The van der Waals surface area contributed by atoms with Crippen molar-refractivity contribution in [1.82, 2.24) is 0 Å². The van der Waals surface area contributed by atoms with Crippen molar-refractivity contribution >= 4 is 22.4 Å². The SMILES string of the molecule is CCc1cccc2c(Cl)cccc12. The summed E-state index contributed by atoms with van der Waals surface area (Å²) in [5, 5.41) is 3.27. The van der Waals surface area contributed by atoms with Gasteiger partial charge in [0.2, 0.25) is 0 Å². The Bertz CT molecular complexity index is 432. The first-order valence-electron chi connectivity index (χ1n) is 4.49. The van der Waals surface area contributed by atoms with Crippen LogP contribution in [-0.2, 0) is 6.42 Å². The number of rotatable bonds is 1. The van der Waals surface area contributed by atoms with Crippen molar-refractivity contribution in [3.05, 3.63) is 47.0 Å². The van der Waals surface area contributed by atoms with Crippen LogP contribution in [0.3, 0.4) is 0 Å². The van der Waals surface area contributed by atoms with Crippen molar-refractivity contribution in [2.45, 2.75) is 13.3 Å². The minimum Gasteiger partial charge on any atom is -0.0837 e. The summed E-state index contributed by atoms with van der Waals surface area (Å²) in [5.74, 6) is 0. The molecule has 2 aromatic carbocycles. The van der Waals surface area contributed by atoms with Gasteiger partial charge in [0.05, 0.1) is 0 Å². The van der Waals surface area contributed by atoms with Crippen LogP contribution in [0.4, 0.5) is 0 Å². The van der Waals surface area contributed by atoms with Gasteiger partial charge in [0, 0.05) is 10.4 Å². The number of hydrogen-bond donors (Lipinski definition) is 0. The molecule has 13 heavy (non-hydrogen) atoms. The molecule has 0 bridgehead atoms. The van der Waals surface area contributed by atoms with Gasteiger partial charge in [-0.15, -0.1) is 0 Å². The molecule has 0 saturated heterocycles. The molecule has 2 rings (SSSR count). The van der Waals surface area contributed by atoms with Gasteiger partial charge in [-0.1, -0.05) is 48.9 Å². The third-order valence-electron chi connectivity index (χ3n) is 2.34. The average Bonchev–Trinajstić information content (AvgIpc) is 2.18. The van der Waals surface area contributed by atoms with E-state index >= 15 is 0 Å². The Morgan fingerprint density at radius 1 is 1.00 bits per heavy atom. The Labute approximate surface area is 83.1 Å². The Morgan fingerprint density at radius 3 is 2.46 bits per heavy atom. The topological polar surface area (TPSA) is 0 Å². The van der Waals surface area contributed by atoms with Crippen LogP contribution in [0, 0.1) is 0 Å². The van der Waals surface area contributed by atoms with Crippen molar-refractivity contribution in [1.29, 1.82) is 0 Å². The molecule has 0 aliphatic heterocycles. The molecule has 0 saturated carbocycles. The summed E-state index contributed by atoms with van der Waals surface area (Å²) in [7, 11) is 0. The molecule has 0 radical (unpaired) electrons. The van der Waals surface area contributed by atoms with E-state index in [-0.39, 0.29) is 0 Å².